The van der Waals surface area contributed by atoms with Crippen molar-refractivity contribution in [3.63, 3.8) is 0 Å². The van der Waals surface area contributed by atoms with Crippen molar-refractivity contribution >= 4 is 63.8 Å². The molecule has 3 saturated heterocycles. The summed E-state index contributed by atoms with van der Waals surface area (Å²) in [5.41, 5.74) is 0.994. The first-order valence-electron chi connectivity index (χ1n) is 26.7. The predicted molar refractivity (Wildman–Crippen MR) is 326 cm³/mol. The fourth-order valence-electron chi connectivity index (χ4n) is 9.59. The van der Waals surface area contributed by atoms with Gasteiger partial charge in [0.05, 0.1) is 48.5 Å². The van der Waals surface area contributed by atoms with Crippen LogP contribution in [0.4, 0.5) is 0 Å². The van der Waals surface area contributed by atoms with Crippen LogP contribution in [0.3, 0.4) is 0 Å². The van der Waals surface area contributed by atoms with Gasteiger partial charge in [-0.25, -0.2) is 10.8 Å². The minimum atomic E-state index is -2.74. The molecule has 484 valence electrons. The Hall–Kier alpha value is -8.62. The largest absolute Gasteiger partial charge is 1.00 e. The summed E-state index contributed by atoms with van der Waals surface area (Å²) in [6.45, 7) is 7.40. The van der Waals surface area contributed by atoms with Gasteiger partial charge in [-0.2, -0.15) is 9.78 Å². The van der Waals surface area contributed by atoms with Gasteiger partial charge in [0.15, 0.2) is 11.1 Å². The molecule has 2 aromatic heterocycles. The normalized spacial score (nSPS) is 24.4. The molecule has 0 bridgehead atoms. The molecule has 3 aliphatic rings. The molecule has 0 spiro atoms. The van der Waals surface area contributed by atoms with Crippen LogP contribution in [-0.4, -0.2) is 210 Å². The zero-order chi connectivity index (χ0) is 64.6. The van der Waals surface area contributed by atoms with E-state index in [1.165, 1.54) is 59.5 Å². The van der Waals surface area contributed by atoms with E-state index in [-0.39, 0.29) is 55.0 Å². The van der Waals surface area contributed by atoms with Crippen LogP contribution in [0.15, 0.2) is 59.8 Å². The van der Waals surface area contributed by atoms with E-state index >= 15 is 0 Å². The first kappa shape index (κ1) is 70.5. The monoisotopic (exact) mass is 1300 g/mol. The van der Waals surface area contributed by atoms with Gasteiger partial charge in [-0.15, -0.1) is 21.0 Å². The first-order chi connectivity index (χ1) is 42.5. The summed E-state index contributed by atoms with van der Waals surface area (Å²) in [5, 5.41) is 117. The number of aromatic hydroxyl groups is 1. The summed E-state index contributed by atoms with van der Waals surface area (Å²) in [6.07, 6.45) is -4.64. The number of fused-ring (bicyclic) bond motifs is 2. The van der Waals surface area contributed by atoms with E-state index in [9.17, 15) is 78.8 Å². The zero-order valence-corrected chi connectivity index (χ0v) is 51.4. The molecule has 3 aliphatic heterocycles. The average molecular weight is 1300 g/mol. The molecule has 12 N–H and O–H groups in total. The molecule has 0 aliphatic carbocycles. The van der Waals surface area contributed by atoms with Crippen LogP contribution in [0.5, 0.6) is 5.75 Å². The molecular formula is C57H75N12NaO18S2. The number of aliphatic hydroxyl groups excluding tert-OH is 6. The molecule has 3 fully saturated rings. The summed E-state index contributed by atoms with van der Waals surface area (Å²) in [7, 11) is 0. The Bertz CT molecular complexity index is 3780. The van der Waals surface area contributed by atoms with Crippen molar-refractivity contribution in [3.8, 4) is 86.7 Å². The van der Waals surface area contributed by atoms with Crippen molar-refractivity contribution in [2.75, 3.05) is 26.2 Å². The number of amides is 7. The Labute approximate surface area is 556 Å². The van der Waals surface area contributed by atoms with Crippen LogP contribution in [0.1, 0.15) is 56.9 Å². The number of nitrogens with one attached hydrogen (secondary N) is 5. The molecule has 2 aromatic carbocycles. The number of hydrogen-bond donors (Lipinski definition) is 12. The number of carbonyl (C=O) groups is 7. The van der Waals surface area contributed by atoms with E-state index in [1.54, 1.807) is 6.20 Å². The van der Waals surface area contributed by atoms with Crippen LogP contribution in [-0.2, 0) is 55.6 Å². The maximum Gasteiger partial charge on any atom is 1.00 e. The maximum atomic E-state index is 14.6. The van der Waals surface area contributed by atoms with Gasteiger partial charge < -0.3 is 82.2 Å². The molecule has 8 unspecified atom stereocenters. The summed E-state index contributed by atoms with van der Waals surface area (Å²) in [6, 6.07) is -0.0711. The second-order valence-electron chi connectivity index (χ2n) is 20.3. The number of hydrogen-bond acceptors (Lipinski definition) is 22. The van der Waals surface area contributed by atoms with Crippen LogP contribution in [0.2, 0.25) is 0 Å². The topological polar surface area (TPSA) is 434 Å². The van der Waals surface area contributed by atoms with Gasteiger partial charge in [0.1, 0.15) is 51.9 Å². The van der Waals surface area contributed by atoms with Gasteiger partial charge in [-0.05, 0) is 60.4 Å². The Kier molecular flexibility index (Phi) is 25.6. The Balaban J connectivity index is -0.00000273. The fourth-order valence-corrected chi connectivity index (χ4v) is 11.0. The Morgan fingerprint density at radius 3 is 2.17 bits per heavy atom. The molecule has 14 atom stereocenters. The summed E-state index contributed by atoms with van der Waals surface area (Å²) in [4.78, 5) is 105. The predicted octanol–water partition coefficient (Wildman–Crippen LogP) is -6.20. The number of phenolic OH excluding ortho intramolecular Hbond substituents is 1. The number of phenols is 1. The molecule has 7 rings (SSSR count). The van der Waals surface area contributed by atoms with Crippen LogP contribution in [0.25, 0.3) is 26.0 Å². The number of rotatable bonds is 13. The number of terminal acetylenes is 1. The van der Waals surface area contributed by atoms with Crippen molar-refractivity contribution in [3.05, 3.63) is 77.4 Å². The molecule has 90 heavy (non-hydrogen) atoms. The molecule has 5 heterocycles. The van der Waals surface area contributed by atoms with Crippen LogP contribution >= 0.6 is 11.3 Å². The third-order valence-electron chi connectivity index (χ3n) is 14.0. The Morgan fingerprint density at radius 2 is 1.50 bits per heavy atom. The summed E-state index contributed by atoms with van der Waals surface area (Å²) < 4.78 is 17.9. The van der Waals surface area contributed by atoms with E-state index in [2.05, 4.69) is 110 Å². The quantitative estimate of drug-likeness (QED) is 0.0195. The van der Waals surface area contributed by atoms with Crippen molar-refractivity contribution < 1.29 is 132 Å². The van der Waals surface area contributed by atoms with Crippen molar-refractivity contribution in [1.29, 1.82) is 0 Å². The minimum absolute atomic E-state index is 0. The van der Waals surface area contributed by atoms with E-state index in [4.69, 9.17) is 13.0 Å². The Morgan fingerprint density at radius 1 is 0.856 bits per heavy atom. The number of aliphatic hydroxyl groups is 6. The van der Waals surface area contributed by atoms with Gasteiger partial charge >= 0.3 is 29.6 Å². The first-order valence-corrected chi connectivity index (χ1v) is 28.6. The number of β-amino-alcohol motifs (C(OH)–C–C–N with tert-alkyl or cyclic N) is 1. The van der Waals surface area contributed by atoms with Gasteiger partial charge in [-0.3, -0.25) is 38.6 Å². The average Bonchev–Trinajstić information content (AvgIpc) is 1.61. The van der Waals surface area contributed by atoms with Crippen molar-refractivity contribution in [2.24, 2.45) is 5.92 Å². The maximum absolute atomic E-state index is 14.6. The second-order valence-corrected chi connectivity index (χ2v) is 22.3. The SMILES string of the molecule is [C-]#[N+]C[C@@H](O)[C@@H]1NC(=O)C([C@H](O)Cc2ccc(O)c(S(=O)OO[O-])c2)NC(=O)C2CC(O)CN2C(=O)C(C(C)O)NC(=O)[C@@H](NC(=O)c2ccc(-c3nnc(-c4cnn(C#CC#CC#CC#CC#C)c4)s3)cc2)C[C@H](O)CNC(=O)C2[C@@H](O)C(C)CN2C1=O.[HH].[HH].[HH].[HH].[HH].[HH].[HH].[HH].[HH].[HH].[Na+]. The summed E-state index contributed by atoms with van der Waals surface area (Å²) in [5.74, 6) is 9.55. The number of nitrogens with zero attached hydrogens (tertiary/aromatic N) is 7. The van der Waals surface area contributed by atoms with E-state index in [0.29, 0.717) is 21.1 Å². The van der Waals surface area contributed by atoms with Crippen LogP contribution in [0, 0.1) is 72.3 Å². The standard InChI is InChI=1S/C57H56N12O18S2.Na.10H2/c1-5-6-7-8-9-10-11-12-19-67-28-35(24-60-67)55-66-65-54(88-55)34-16-14-33(15-17-34)49(77)61-38-22-36(71)25-59-53(81)47-48(76)30(2)27-69(47)57(83)46(42(75)26-58-4)64-52(80)45(41(74)20-32-13-18-40(73)43(21-32)89(85)87-86-84)63-51(79)39-23-37(72)29-68(39)56(82)44(31(3)70)62-50(38)78;;;;;;;;;;;/h1,13-18,21,24,28,30-31,36-39,41-42,44-48,70-76,84H,20,22-23,25-27,29H2,2-3H3,(H,59,81)(H,61,77)(H,62,78)(H,63,79)(H,64,80);;10*1H/q;+1;;;;;;;;;;/p-1/t30?,31?,36-,37?,38-,39?,41+,42+,44?,45?,46-,47?,48-,89?;;;;;;;;;;;/m0.........../s1. The third kappa shape index (κ3) is 17.8. The van der Waals surface area contributed by atoms with E-state index in [0.717, 1.165) is 28.9 Å². The zero-order valence-electron chi connectivity index (χ0n) is 47.8. The summed E-state index contributed by atoms with van der Waals surface area (Å²) >= 11 is -1.56. The molecule has 7 amide bonds. The van der Waals surface area contributed by atoms with Gasteiger partial charge in [0, 0.05) is 99.9 Å². The molecular weight excluding hydrogens is 1230 g/mol. The van der Waals surface area contributed by atoms with Gasteiger partial charge in [0.25, 0.3) is 5.91 Å². The number of aromatic nitrogens is 4. The van der Waals surface area contributed by atoms with Crippen LogP contribution < -0.4 is 61.4 Å². The van der Waals surface area contributed by atoms with Crippen molar-refractivity contribution in [1.82, 2.24) is 56.4 Å². The molecule has 33 heteroatoms. The number of benzene rings is 2. The van der Waals surface area contributed by atoms with Gasteiger partial charge in [0.2, 0.25) is 53.1 Å². The fraction of sp³-hybridized carbons (Fsp3) is 0.386. The molecule has 4 aromatic rings. The molecule has 0 radical (unpaired) electrons. The third-order valence-corrected chi connectivity index (χ3v) is 15.9. The minimum Gasteiger partial charge on any atom is -0.691 e. The molecule has 0 saturated carbocycles. The number of carbonyl (C=O) groups excluding carboxylic acids is 7. The van der Waals surface area contributed by atoms with E-state index < -0.39 is 187 Å². The van der Waals surface area contributed by atoms with Gasteiger partial charge in [-0.1, -0.05) is 36.5 Å². The second kappa shape index (κ2) is 32.7. The van der Waals surface area contributed by atoms with Crippen molar-refractivity contribution in [2.45, 2.75) is 111 Å². The van der Waals surface area contributed by atoms with E-state index in [1.807, 2.05) is 0 Å². The molecule has 30 nitrogen and oxygen atoms in total. The smallest absolute Gasteiger partial charge is 0.691 e.